The summed E-state index contributed by atoms with van der Waals surface area (Å²) in [4.78, 5) is 25.0. The number of Topliss-reactive ketones (excluding diaryl/α,β-unsaturated/α-hetero) is 1. The van der Waals surface area contributed by atoms with E-state index in [4.69, 9.17) is 4.74 Å². The van der Waals surface area contributed by atoms with Crippen LogP contribution in [0.1, 0.15) is 33.6 Å². The molecule has 1 unspecified atom stereocenters. The molecular formula is C11H18BrNO3. The number of likely N-dealkylation sites (tertiary alicyclic amines) is 1. The number of carbonyl (C=O) groups excluding carboxylic acids is 2. The average Bonchev–Trinajstić information content (AvgIpc) is 2.62. The zero-order chi connectivity index (χ0) is 12.3. The Kier molecular flexibility index (Phi) is 4.35. The van der Waals surface area contributed by atoms with Gasteiger partial charge in [-0.15, -0.1) is 0 Å². The number of ketones is 1. The summed E-state index contributed by atoms with van der Waals surface area (Å²) in [6.07, 6.45) is 1.22. The van der Waals surface area contributed by atoms with Gasteiger partial charge in [0.05, 0.1) is 11.4 Å². The lowest BCUT2D eigenvalue weighted by molar-refractivity contribution is -0.120. The van der Waals surface area contributed by atoms with Crippen LogP contribution in [-0.2, 0) is 9.53 Å². The predicted molar refractivity (Wildman–Crippen MR) is 64.8 cm³/mol. The SMILES string of the molecule is CC(C)(C)OC(=O)N1CCCC1C(=O)CBr. The van der Waals surface area contributed by atoms with Crippen LogP contribution in [0.5, 0.6) is 0 Å². The number of alkyl halides is 1. The van der Waals surface area contributed by atoms with E-state index in [0.29, 0.717) is 6.54 Å². The minimum atomic E-state index is -0.512. The van der Waals surface area contributed by atoms with E-state index in [-0.39, 0.29) is 23.2 Å². The molecule has 0 aliphatic carbocycles. The first-order valence-corrected chi connectivity index (χ1v) is 6.55. The minimum absolute atomic E-state index is 0.0448. The number of ether oxygens (including phenoxy) is 1. The first-order valence-electron chi connectivity index (χ1n) is 5.43. The standard InChI is InChI=1S/C11H18BrNO3/c1-11(2,3)16-10(15)13-6-4-5-8(13)9(14)7-12/h8H,4-7H2,1-3H3. The van der Waals surface area contributed by atoms with Crippen LogP contribution in [-0.4, -0.2) is 40.3 Å². The molecule has 0 spiro atoms. The van der Waals surface area contributed by atoms with Crippen molar-refractivity contribution >= 4 is 27.8 Å². The molecule has 92 valence electrons. The highest BCUT2D eigenvalue weighted by Gasteiger charge is 2.35. The number of nitrogens with zero attached hydrogens (tertiary/aromatic N) is 1. The van der Waals surface area contributed by atoms with Crippen LogP contribution < -0.4 is 0 Å². The molecule has 1 aliphatic rings. The molecule has 1 rings (SSSR count). The molecule has 0 radical (unpaired) electrons. The van der Waals surface area contributed by atoms with Gasteiger partial charge in [0.2, 0.25) is 0 Å². The number of amides is 1. The summed E-state index contributed by atoms with van der Waals surface area (Å²) in [6.45, 7) is 6.07. The summed E-state index contributed by atoms with van der Waals surface area (Å²) in [5.74, 6) is 0.0448. The van der Waals surface area contributed by atoms with E-state index < -0.39 is 5.60 Å². The second-order valence-electron chi connectivity index (χ2n) is 4.93. The highest BCUT2D eigenvalue weighted by molar-refractivity contribution is 9.09. The highest BCUT2D eigenvalue weighted by Crippen LogP contribution is 2.21. The summed E-state index contributed by atoms with van der Waals surface area (Å²) in [6, 6.07) is -0.311. The van der Waals surface area contributed by atoms with Crippen molar-refractivity contribution < 1.29 is 14.3 Å². The second kappa shape index (κ2) is 5.17. The molecule has 1 fully saturated rings. The largest absolute Gasteiger partial charge is 0.444 e. The molecule has 0 aromatic carbocycles. The molecule has 0 saturated carbocycles. The molecule has 1 amide bonds. The molecule has 16 heavy (non-hydrogen) atoms. The van der Waals surface area contributed by atoms with Gasteiger partial charge >= 0.3 is 6.09 Å². The first-order chi connectivity index (χ1) is 7.35. The second-order valence-corrected chi connectivity index (χ2v) is 5.49. The predicted octanol–water partition coefficient (Wildman–Crippen LogP) is 2.35. The zero-order valence-corrected chi connectivity index (χ0v) is 11.5. The van der Waals surface area contributed by atoms with Crippen molar-refractivity contribution in [3.05, 3.63) is 0 Å². The summed E-state index contributed by atoms with van der Waals surface area (Å²) in [5, 5.41) is 0.289. The van der Waals surface area contributed by atoms with Gasteiger partial charge in [-0.3, -0.25) is 9.69 Å². The Morgan fingerprint density at radius 2 is 2.06 bits per heavy atom. The lowest BCUT2D eigenvalue weighted by Crippen LogP contribution is -2.43. The fourth-order valence-corrected chi connectivity index (χ4v) is 2.10. The average molecular weight is 292 g/mol. The van der Waals surface area contributed by atoms with Crippen LogP contribution in [0.2, 0.25) is 0 Å². The Morgan fingerprint density at radius 3 is 2.56 bits per heavy atom. The molecule has 0 N–H and O–H groups in total. The van der Waals surface area contributed by atoms with Gasteiger partial charge in [-0.25, -0.2) is 4.79 Å². The third kappa shape index (κ3) is 3.47. The summed E-state index contributed by atoms with van der Waals surface area (Å²) in [5.41, 5.74) is -0.512. The van der Waals surface area contributed by atoms with Crippen molar-refractivity contribution in [2.75, 3.05) is 11.9 Å². The van der Waals surface area contributed by atoms with E-state index in [1.807, 2.05) is 20.8 Å². The maximum Gasteiger partial charge on any atom is 0.410 e. The summed E-state index contributed by atoms with van der Waals surface area (Å²) >= 11 is 3.13. The van der Waals surface area contributed by atoms with Crippen LogP contribution in [0.4, 0.5) is 4.79 Å². The molecule has 4 nitrogen and oxygen atoms in total. The van der Waals surface area contributed by atoms with Gasteiger partial charge in [-0.2, -0.15) is 0 Å². The molecule has 1 heterocycles. The fourth-order valence-electron chi connectivity index (χ4n) is 1.73. The molecule has 0 bridgehead atoms. The number of hydrogen-bond acceptors (Lipinski definition) is 3. The summed E-state index contributed by atoms with van der Waals surface area (Å²) < 4.78 is 5.27. The fraction of sp³-hybridized carbons (Fsp3) is 0.818. The van der Waals surface area contributed by atoms with Crippen LogP contribution >= 0.6 is 15.9 Å². The normalized spacial score (nSPS) is 21.0. The minimum Gasteiger partial charge on any atom is -0.444 e. The highest BCUT2D eigenvalue weighted by atomic mass is 79.9. The van der Waals surface area contributed by atoms with Crippen LogP contribution in [0.25, 0.3) is 0 Å². The first kappa shape index (κ1) is 13.5. The molecule has 1 saturated heterocycles. The summed E-state index contributed by atoms with van der Waals surface area (Å²) in [7, 11) is 0. The van der Waals surface area contributed by atoms with Crippen molar-refractivity contribution in [3.63, 3.8) is 0 Å². The van der Waals surface area contributed by atoms with Gasteiger partial charge in [0.25, 0.3) is 0 Å². The van der Waals surface area contributed by atoms with Crippen LogP contribution in [0.15, 0.2) is 0 Å². The Balaban J connectivity index is 2.65. The van der Waals surface area contributed by atoms with Crippen LogP contribution in [0, 0.1) is 0 Å². The van der Waals surface area contributed by atoms with E-state index >= 15 is 0 Å². The number of hydrogen-bond donors (Lipinski definition) is 0. The van der Waals surface area contributed by atoms with Crippen molar-refractivity contribution in [3.8, 4) is 0 Å². The van der Waals surface area contributed by atoms with Gasteiger partial charge in [0.15, 0.2) is 5.78 Å². The lowest BCUT2D eigenvalue weighted by atomic mass is 10.1. The maximum atomic E-state index is 11.8. The molecule has 0 aromatic heterocycles. The zero-order valence-electron chi connectivity index (χ0n) is 9.96. The Hall–Kier alpha value is -0.580. The molecule has 1 atom stereocenters. The van der Waals surface area contributed by atoms with Gasteiger partial charge < -0.3 is 4.74 Å². The van der Waals surface area contributed by atoms with Gasteiger partial charge in [-0.05, 0) is 33.6 Å². The van der Waals surface area contributed by atoms with Gasteiger partial charge in [0.1, 0.15) is 5.60 Å². The third-order valence-corrected chi connectivity index (χ3v) is 2.94. The third-order valence-electron chi connectivity index (χ3n) is 2.38. The monoisotopic (exact) mass is 291 g/mol. The Bertz CT molecular complexity index is 285. The smallest absolute Gasteiger partial charge is 0.410 e. The van der Waals surface area contributed by atoms with Crippen molar-refractivity contribution in [2.45, 2.75) is 45.3 Å². The van der Waals surface area contributed by atoms with Crippen molar-refractivity contribution in [1.82, 2.24) is 4.90 Å². The topological polar surface area (TPSA) is 46.6 Å². The van der Waals surface area contributed by atoms with E-state index in [1.165, 1.54) is 4.90 Å². The lowest BCUT2D eigenvalue weighted by Gasteiger charge is -2.27. The van der Waals surface area contributed by atoms with E-state index in [2.05, 4.69) is 15.9 Å². The van der Waals surface area contributed by atoms with Crippen molar-refractivity contribution in [1.29, 1.82) is 0 Å². The van der Waals surface area contributed by atoms with Gasteiger partial charge in [0, 0.05) is 6.54 Å². The Morgan fingerprint density at radius 1 is 1.44 bits per heavy atom. The quantitative estimate of drug-likeness (QED) is 0.734. The molecule has 5 heteroatoms. The van der Waals surface area contributed by atoms with Crippen LogP contribution in [0.3, 0.4) is 0 Å². The van der Waals surface area contributed by atoms with E-state index in [0.717, 1.165) is 12.8 Å². The molecule has 1 aliphatic heterocycles. The molecular weight excluding hydrogens is 274 g/mol. The van der Waals surface area contributed by atoms with E-state index in [1.54, 1.807) is 0 Å². The van der Waals surface area contributed by atoms with Crippen molar-refractivity contribution in [2.24, 2.45) is 0 Å². The Labute approximate surface area is 104 Å². The number of halogens is 1. The van der Waals surface area contributed by atoms with Gasteiger partial charge in [-0.1, -0.05) is 15.9 Å². The number of rotatable bonds is 2. The molecule has 0 aromatic rings. The van der Waals surface area contributed by atoms with E-state index in [9.17, 15) is 9.59 Å². The maximum absolute atomic E-state index is 11.8. The number of carbonyl (C=O) groups is 2.